The van der Waals surface area contributed by atoms with E-state index in [0.29, 0.717) is 17.2 Å². The minimum Gasteiger partial charge on any atom is -0.497 e. The number of methoxy groups -OCH3 is 2. The van der Waals surface area contributed by atoms with Gasteiger partial charge < -0.3 is 15.2 Å². The number of fused-ring (bicyclic) bond motifs is 1. The molecule has 0 aliphatic carbocycles. The molecule has 1 heterocycles. The highest BCUT2D eigenvalue weighted by atomic mass is 16.5. The summed E-state index contributed by atoms with van der Waals surface area (Å²) in [6.45, 7) is 0. The van der Waals surface area contributed by atoms with Crippen LogP contribution in [0.1, 0.15) is 0 Å². The maximum Gasteiger partial charge on any atom is 0.134 e. The number of hydrogen-bond acceptors (Lipinski definition) is 4. The lowest BCUT2D eigenvalue weighted by Gasteiger charge is -2.12. The third kappa shape index (κ3) is 2.36. The van der Waals surface area contributed by atoms with E-state index in [1.807, 2.05) is 48.5 Å². The van der Waals surface area contributed by atoms with Crippen LogP contribution in [0.4, 0.5) is 5.69 Å². The number of benzene rings is 2. The fourth-order valence-electron chi connectivity index (χ4n) is 2.37. The molecule has 0 aliphatic heterocycles. The van der Waals surface area contributed by atoms with E-state index in [9.17, 15) is 0 Å². The second-order valence-corrected chi connectivity index (χ2v) is 4.69. The molecule has 0 saturated heterocycles. The van der Waals surface area contributed by atoms with Crippen molar-refractivity contribution in [3.8, 4) is 22.8 Å². The lowest BCUT2D eigenvalue weighted by molar-refractivity contribution is 0.398. The van der Waals surface area contributed by atoms with E-state index in [1.165, 1.54) is 0 Å². The van der Waals surface area contributed by atoms with Crippen molar-refractivity contribution in [1.82, 2.24) is 4.98 Å². The van der Waals surface area contributed by atoms with Crippen molar-refractivity contribution in [3.63, 3.8) is 0 Å². The highest BCUT2D eigenvalue weighted by Gasteiger charge is 2.12. The first-order valence-corrected chi connectivity index (χ1v) is 6.60. The predicted octanol–water partition coefficient (Wildman–Crippen LogP) is 3.50. The number of ether oxygens (including phenoxy) is 2. The summed E-state index contributed by atoms with van der Waals surface area (Å²) in [6.07, 6.45) is 0. The lowest BCUT2D eigenvalue weighted by atomic mass is 10.1. The summed E-state index contributed by atoms with van der Waals surface area (Å²) >= 11 is 0. The molecule has 0 fully saturated rings. The van der Waals surface area contributed by atoms with Crippen molar-refractivity contribution in [2.24, 2.45) is 0 Å². The molecule has 0 unspecified atom stereocenters. The Hall–Kier alpha value is -2.75. The van der Waals surface area contributed by atoms with E-state index in [0.717, 1.165) is 22.2 Å². The molecule has 0 atom stereocenters. The molecule has 2 aromatic carbocycles. The summed E-state index contributed by atoms with van der Waals surface area (Å²) < 4.78 is 10.7. The molecule has 106 valence electrons. The summed E-state index contributed by atoms with van der Waals surface area (Å²) in [4.78, 5) is 4.68. The Kier molecular flexibility index (Phi) is 3.36. The number of pyridine rings is 1. The predicted molar refractivity (Wildman–Crippen MR) is 84.7 cm³/mol. The molecule has 0 amide bonds. The Labute approximate surface area is 123 Å². The van der Waals surface area contributed by atoms with Crippen molar-refractivity contribution in [3.05, 3.63) is 48.5 Å². The van der Waals surface area contributed by atoms with Crippen LogP contribution in [0.5, 0.6) is 11.5 Å². The number of anilines is 1. The Balaban J connectivity index is 2.28. The van der Waals surface area contributed by atoms with Crippen LogP contribution in [0.15, 0.2) is 48.5 Å². The first-order chi connectivity index (χ1) is 10.2. The molecule has 0 bridgehead atoms. The van der Waals surface area contributed by atoms with Crippen molar-refractivity contribution >= 4 is 16.6 Å². The van der Waals surface area contributed by atoms with Gasteiger partial charge >= 0.3 is 0 Å². The highest BCUT2D eigenvalue weighted by molar-refractivity contribution is 5.98. The molecule has 2 N–H and O–H groups in total. The summed E-state index contributed by atoms with van der Waals surface area (Å²) in [7, 11) is 3.23. The topological polar surface area (TPSA) is 57.4 Å². The Morgan fingerprint density at radius 1 is 0.952 bits per heavy atom. The van der Waals surface area contributed by atoms with Crippen LogP contribution < -0.4 is 15.2 Å². The van der Waals surface area contributed by atoms with Crippen molar-refractivity contribution < 1.29 is 9.47 Å². The van der Waals surface area contributed by atoms with Crippen LogP contribution in [0.3, 0.4) is 0 Å². The number of hydrogen-bond donors (Lipinski definition) is 1. The zero-order valence-corrected chi connectivity index (χ0v) is 12.0. The van der Waals surface area contributed by atoms with Crippen LogP contribution in [-0.2, 0) is 0 Å². The maximum absolute atomic E-state index is 6.20. The largest absolute Gasteiger partial charge is 0.497 e. The number of nitrogen functional groups attached to an aromatic ring is 1. The van der Waals surface area contributed by atoms with Crippen molar-refractivity contribution in [2.45, 2.75) is 0 Å². The van der Waals surface area contributed by atoms with Crippen LogP contribution in [0.25, 0.3) is 22.2 Å². The van der Waals surface area contributed by atoms with Crippen molar-refractivity contribution in [2.75, 3.05) is 20.0 Å². The fourth-order valence-corrected chi connectivity index (χ4v) is 2.37. The maximum atomic E-state index is 6.20. The average Bonchev–Trinajstić information content (AvgIpc) is 2.54. The van der Waals surface area contributed by atoms with Gasteiger partial charge in [-0.2, -0.15) is 0 Å². The normalized spacial score (nSPS) is 10.6. The van der Waals surface area contributed by atoms with E-state index in [1.54, 1.807) is 14.2 Å². The second kappa shape index (κ2) is 5.32. The first-order valence-electron chi connectivity index (χ1n) is 6.60. The lowest BCUT2D eigenvalue weighted by Crippen LogP contribution is -1.96. The van der Waals surface area contributed by atoms with Crippen molar-refractivity contribution in [1.29, 1.82) is 0 Å². The molecule has 0 radical (unpaired) electrons. The van der Waals surface area contributed by atoms with Gasteiger partial charge in [-0.3, -0.25) is 0 Å². The van der Waals surface area contributed by atoms with Crippen LogP contribution >= 0.6 is 0 Å². The number of aromatic nitrogens is 1. The molecule has 21 heavy (non-hydrogen) atoms. The van der Waals surface area contributed by atoms with Gasteiger partial charge in [0.15, 0.2) is 0 Å². The van der Waals surface area contributed by atoms with Gasteiger partial charge in [0.25, 0.3) is 0 Å². The molecule has 0 saturated carbocycles. The van der Waals surface area contributed by atoms with Gasteiger partial charge in [-0.05, 0) is 6.07 Å². The molecule has 3 rings (SSSR count). The van der Waals surface area contributed by atoms with Crippen LogP contribution in [-0.4, -0.2) is 19.2 Å². The van der Waals surface area contributed by atoms with Crippen LogP contribution in [0, 0.1) is 0 Å². The highest BCUT2D eigenvalue weighted by Crippen LogP contribution is 2.36. The van der Waals surface area contributed by atoms with Gasteiger partial charge in [0.2, 0.25) is 0 Å². The summed E-state index contributed by atoms with van der Waals surface area (Å²) in [5.74, 6) is 1.35. The van der Waals surface area contributed by atoms with Gasteiger partial charge in [0.05, 0.1) is 30.8 Å². The molecular weight excluding hydrogens is 264 g/mol. The standard InChI is InChI=1S/C17H16N2O2/c1-20-12-8-15-17(16(9-12)21-2)13(18)10-14(19-15)11-6-4-3-5-7-11/h3-10H,1-2H3,(H2,18,19). The summed E-state index contributed by atoms with van der Waals surface area (Å²) in [5, 5.41) is 0.804. The van der Waals surface area contributed by atoms with E-state index in [2.05, 4.69) is 4.98 Å². The molecule has 3 aromatic rings. The molecule has 1 aromatic heterocycles. The quantitative estimate of drug-likeness (QED) is 0.797. The minimum atomic E-state index is 0.637. The zero-order chi connectivity index (χ0) is 14.8. The third-order valence-electron chi connectivity index (χ3n) is 3.40. The molecule has 4 heteroatoms. The van der Waals surface area contributed by atoms with E-state index in [-0.39, 0.29) is 0 Å². The fraction of sp³-hybridized carbons (Fsp3) is 0.118. The van der Waals surface area contributed by atoms with Gasteiger partial charge in [0.1, 0.15) is 11.5 Å². The molecule has 4 nitrogen and oxygen atoms in total. The molecule has 0 aliphatic rings. The van der Waals surface area contributed by atoms with Gasteiger partial charge in [-0.25, -0.2) is 4.98 Å². The van der Waals surface area contributed by atoms with Gasteiger partial charge in [-0.1, -0.05) is 30.3 Å². The molecular formula is C17H16N2O2. The summed E-state index contributed by atoms with van der Waals surface area (Å²) in [5.41, 5.74) is 9.44. The number of nitrogens with two attached hydrogens (primary N) is 1. The molecule has 0 spiro atoms. The Bertz CT molecular complexity index is 786. The van der Waals surface area contributed by atoms with E-state index >= 15 is 0 Å². The first kappa shape index (κ1) is 13.2. The zero-order valence-electron chi connectivity index (χ0n) is 12.0. The minimum absolute atomic E-state index is 0.637. The van der Waals surface area contributed by atoms with E-state index in [4.69, 9.17) is 15.2 Å². The monoisotopic (exact) mass is 280 g/mol. The number of rotatable bonds is 3. The number of nitrogens with zero attached hydrogens (tertiary/aromatic N) is 1. The van der Waals surface area contributed by atoms with Crippen LogP contribution in [0.2, 0.25) is 0 Å². The Morgan fingerprint density at radius 2 is 1.71 bits per heavy atom. The second-order valence-electron chi connectivity index (χ2n) is 4.69. The Morgan fingerprint density at radius 3 is 2.38 bits per heavy atom. The summed E-state index contributed by atoms with van der Waals surface area (Å²) in [6, 6.07) is 15.5. The van der Waals surface area contributed by atoms with Gasteiger partial charge in [0, 0.05) is 23.4 Å². The smallest absolute Gasteiger partial charge is 0.134 e. The van der Waals surface area contributed by atoms with E-state index < -0.39 is 0 Å². The third-order valence-corrected chi connectivity index (χ3v) is 3.40. The SMILES string of the molecule is COc1cc(OC)c2c(N)cc(-c3ccccc3)nc2c1. The van der Waals surface area contributed by atoms with Gasteiger partial charge in [-0.15, -0.1) is 0 Å². The average molecular weight is 280 g/mol.